The first-order valence-electron chi connectivity index (χ1n) is 8.36. The Balaban J connectivity index is 0.00000400. The molecule has 0 radical (unpaired) electrons. The minimum Gasteiger partial charge on any atom is -0.356 e. The summed E-state index contributed by atoms with van der Waals surface area (Å²) in [5, 5.41) is 6.90. The Morgan fingerprint density at radius 3 is 2.38 bits per heavy atom. The predicted octanol–water partition coefficient (Wildman–Crippen LogP) is 3.08. The van der Waals surface area contributed by atoms with Crippen LogP contribution in [0.15, 0.2) is 4.99 Å². The number of halogens is 1. The van der Waals surface area contributed by atoms with E-state index in [2.05, 4.69) is 41.3 Å². The van der Waals surface area contributed by atoms with Crippen molar-refractivity contribution in [2.45, 2.75) is 58.9 Å². The molecular weight excluding hydrogens is 375 g/mol. The van der Waals surface area contributed by atoms with Crippen molar-refractivity contribution in [3.63, 3.8) is 0 Å². The number of guanidine groups is 1. The summed E-state index contributed by atoms with van der Waals surface area (Å²) in [7, 11) is 1.86. The van der Waals surface area contributed by atoms with Gasteiger partial charge in [0.05, 0.1) is 0 Å². The lowest BCUT2D eigenvalue weighted by Gasteiger charge is -2.29. The van der Waals surface area contributed by atoms with Crippen LogP contribution in [0.25, 0.3) is 0 Å². The van der Waals surface area contributed by atoms with Gasteiger partial charge in [0, 0.05) is 26.2 Å². The molecule has 0 aromatic carbocycles. The van der Waals surface area contributed by atoms with Gasteiger partial charge in [-0.1, -0.05) is 27.2 Å². The van der Waals surface area contributed by atoms with E-state index in [1.807, 2.05) is 7.05 Å². The van der Waals surface area contributed by atoms with Gasteiger partial charge in [-0.3, -0.25) is 9.89 Å². The number of aliphatic imine (C=N–C) groups is 1. The van der Waals surface area contributed by atoms with Gasteiger partial charge in [0.2, 0.25) is 0 Å². The summed E-state index contributed by atoms with van der Waals surface area (Å²) >= 11 is 0. The Morgan fingerprint density at radius 1 is 1.19 bits per heavy atom. The fourth-order valence-electron chi connectivity index (χ4n) is 2.83. The van der Waals surface area contributed by atoms with E-state index >= 15 is 0 Å². The van der Waals surface area contributed by atoms with E-state index in [-0.39, 0.29) is 24.0 Å². The smallest absolute Gasteiger partial charge is 0.191 e. The van der Waals surface area contributed by atoms with Gasteiger partial charge in [-0.2, -0.15) is 0 Å². The second-order valence-electron chi connectivity index (χ2n) is 6.26. The van der Waals surface area contributed by atoms with Crippen LogP contribution in [-0.4, -0.2) is 50.1 Å². The Bertz CT molecular complexity index is 275. The Kier molecular flexibility index (Phi) is 12.5. The molecule has 21 heavy (non-hydrogen) atoms. The first-order valence-corrected chi connectivity index (χ1v) is 8.36. The van der Waals surface area contributed by atoms with E-state index in [1.54, 1.807) is 0 Å². The van der Waals surface area contributed by atoms with Crippen molar-refractivity contribution in [3.05, 3.63) is 0 Å². The van der Waals surface area contributed by atoms with Gasteiger partial charge in [0.25, 0.3) is 0 Å². The molecule has 1 rings (SSSR count). The third-order valence-corrected chi connectivity index (χ3v) is 3.95. The van der Waals surface area contributed by atoms with Crippen LogP contribution in [0, 0.1) is 5.92 Å². The maximum absolute atomic E-state index is 4.31. The molecule has 2 N–H and O–H groups in total. The summed E-state index contributed by atoms with van der Waals surface area (Å²) in [6.45, 7) is 11.4. The summed E-state index contributed by atoms with van der Waals surface area (Å²) in [5.74, 6) is 1.70. The number of nitrogens with one attached hydrogen (secondary N) is 2. The topological polar surface area (TPSA) is 39.7 Å². The van der Waals surface area contributed by atoms with E-state index in [4.69, 9.17) is 0 Å². The van der Waals surface area contributed by atoms with E-state index in [1.165, 1.54) is 45.2 Å². The van der Waals surface area contributed by atoms with E-state index < -0.39 is 0 Å². The van der Waals surface area contributed by atoms with Gasteiger partial charge in [-0.05, 0) is 44.7 Å². The van der Waals surface area contributed by atoms with Gasteiger partial charge >= 0.3 is 0 Å². The molecule has 0 aromatic heterocycles. The zero-order chi connectivity index (χ0) is 14.8. The van der Waals surface area contributed by atoms with Crippen LogP contribution in [0.2, 0.25) is 0 Å². The van der Waals surface area contributed by atoms with Crippen LogP contribution in [0.5, 0.6) is 0 Å². The van der Waals surface area contributed by atoms with Crippen LogP contribution in [-0.2, 0) is 0 Å². The highest BCUT2D eigenvalue weighted by atomic mass is 127. The number of likely N-dealkylation sites (tertiary alicyclic amines) is 1. The lowest BCUT2D eigenvalue weighted by molar-refractivity contribution is 0.213. The zero-order valence-electron chi connectivity index (χ0n) is 14.3. The quantitative estimate of drug-likeness (QED) is 0.280. The van der Waals surface area contributed by atoms with Crippen molar-refractivity contribution in [2.75, 3.05) is 33.2 Å². The molecule has 1 aliphatic heterocycles. The van der Waals surface area contributed by atoms with Crippen LogP contribution >= 0.6 is 24.0 Å². The average Bonchev–Trinajstić information content (AvgIpc) is 2.94. The molecule has 5 heteroatoms. The Morgan fingerprint density at radius 2 is 1.86 bits per heavy atom. The van der Waals surface area contributed by atoms with Crippen molar-refractivity contribution in [1.82, 2.24) is 15.5 Å². The maximum Gasteiger partial charge on any atom is 0.191 e. The van der Waals surface area contributed by atoms with Crippen molar-refractivity contribution in [3.8, 4) is 0 Å². The summed E-state index contributed by atoms with van der Waals surface area (Å²) in [5.41, 5.74) is 0. The highest BCUT2D eigenvalue weighted by Gasteiger charge is 2.22. The molecule has 1 aliphatic rings. The van der Waals surface area contributed by atoms with Gasteiger partial charge in [-0.25, -0.2) is 0 Å². The number of hydrogen-bond donors (Lipinski definition) is 2. The monoisotopic (exact) mass is 410 g/mol. The lowest BCUT2D eigenvalue weighted by atomic mass is 10.0. The second-order valence-corrected chi connectivity index (χ2v) is 6.26. The van der Waals surface area contributed by atoms with Gasteiger partial charge in [0.15, 0.2) is 5.96 Å². The number of hydrogen-bond acceptors (Lipinski definition) is 2. The highest BCUT2D eigenvalue weighted by molar-refractivity contribution is 14.0. The first kappa shape index (κ1) is 21.0. The fraction of sp³-hybridized carbons (Fsp3) is 0.938. The second kappa shape index (κ2) is 12.5. The molecule has 1 heterocycles. The molecule has 0 spiro atoms. The molecule has 0 amide bonds. The first-order chi connectivity index (χ1) is 9.67. The van der Waals surface area contributed by atoms with Gasteiger partial charge in [0.1, 0.15) is 0 Å². The SMILES string of the molecule is CCCCNC(=NC)NCC(CC(C)C)N1CCCC1.I. The number of unbranched alkanes of at least 4 members (excludes halogenated alkanes) is 1. The molecule has 0 aromatic rings. The standard InChI is InChI=1S/C16H34N4.HI/c1-5-6-9-18-16(17-4)19-13-15(12-14(2)3)20-10-7-8-11-20;/h14-15H,5-13H2,1-4H3,(H2,17,18,19);1H. The zero-order valence-corrected chi connectivity index (χ0v) is 16.7. The number of nitrogens with zero attached hydrogens (tertiary/aromatic N) is 2. The molecule has 0 saturated carbocycles. The van der Waals surface area contributed by atoms with Gasteiger partial charge < -0.3 is 10.6 Å². The van der Waals surface area contributed by atoms with Gasteiger partial charge in [-0.15, -0.1) is 24.0 Å². The summed E-state index contributed by atoms with van der Waals surface area (Å²) in [6.07, 6.45) is 6.39. The van der Waals surface area contributed by atoms with E-state index in [0.717, 1.165) is 25.0 Å². The normalized spacial score (nSPS) is 17.7. The molecule has 4 nitrogen and oxygen atoms in total. The Hall–Kier alpha value is -0.0400. The van der Waals surface area contributed by atoms with E-state index in [9.17, 15) is 0 Å². The molecule has 1 fully saturated rings. The number of rotatable bonds is 8. The third-order valence-electron chi connectivity index (χ3n) is 3.95. The maximum atomic E-state index is 4.31. The minimum absolute atomic E-state index is 0. The minimum atomic E-state index is 0. The summed E-state index contributed by atoms with van der Waals surface area (Å²) in [4.78, 5) is 6.96. The largest absolute Gasteiger partial charge is 0.356 e. The van der Waals surface area contributed by atoms with Crippen LogP contribution in [0.3, 0.4) is 0 Å². The predicted molar refractivity (Wildman–Crippen MR) is 104 cm³/mol. The Labute approximate surface area is 148 Å². The molecule has 1 unspecified atom stereocenters. The van der Waals surface area contributed by atoms with Crippen molar-refractivity contribution >= 4 is 29.9 Å². The molecule has 1 saturated heterocycles. The third kappa shape index (κ3) is 8.86. The van der Waals surface area contributed by atoms with Crippen molar-refractivity contribution in [1.29, 1.82) is 0 Å². The van der Waals surface area contributed by atoms with E-state index in [0.29, 0.717) is 6.04 Å². The average molecular weight is 410 g/mol. The lowest BCUT2D eigenvalue weighted by Crippen LogP contribution is -2.47. The fourth-order valence-corrected chi connectivity index (χ4v) is 2.83. The van der Waals surface area contributed by atoms with Crippen molar-refractivity contribution in [2.24, 2.45) is 10.9 Å². The van der Waals surface area contributed by atoms with Crippen LogP contribution in [0.1, 0.15) is 52.9 Å². The molecule has 0 bridgehead atoms. The van der Waals surface area contributed by atoms with Crippen molar-refractivity contribution < 1.29 is 0 Å². The summed E-state index contributed by atoms with van der Waals surface area (Å²) in [6, 6.07) is 0.641. The molecule has 0 aliphatic carbocycles. The molecule has 126 valence electrons. The van der Waals surface area contributed by atoms with Crippen LogP contribution in [0.4, 0.5) is 0 Å². The molecule has 1 atom stereocenters. The summed E-state index contributed by atoms with van der Waals surface area (Å²) < 4.78 is 0. The highest BCUT2D eigenvalue weighted by Crippen LogP contribution is 2.17. The van der Waals surface area contributed by atoms with Crippen LogP contribution < -0.4 is 10.6 Å². The molecular formula is C16H35IN4.